The minimum absolute atomic E-state index is 0.129. The van der Waals surface area contributed by atoms with Crippen LogP contribution in [0.4, 0.5) is 0 Å². The maximum Gasteiger partial charge on any atom is 0.0925 e. The highest BCUT2D eigenvalue weighted by atomic mass is 16.6. The molecule has 0 aromatic carbocycles. The Morgan fingerprint density at radius 3 is 2.05 bits per heavy atom. The molecule has 0 aromatic heterocycles. The summed E-state index contributed by atoms with van der Waals surface area (Å²) in [6.07, 6.45) is 8.88. The van der Waals surface area contributed by atoms with Crippen molar-refractivity contribution in [2.45, 2.75) is 97.1 Å². The number of ether oxygens (including phenoxy) is 2. The first kappa shape index (κ1) is 16.7. The third-order valence-electron chi connectivity index (χ3n) is 3.29. The Labute approximate surface area is 119 Å². The van der Waals surface area contributed by atoms with Crippen LogP contribution in [-0.2, 0) is 9.47 Å². The van der Waals surface area contributed by atoms with Crippen LogP contribution in [0.2, 0.25) is 0 Å². The highest BCUT2D eigenvalue weighted by Gasteiger charge is 2.40. The summed E-state index contributed by atoms with van der Waals surface area (Å²) in [7, 11) is 0. The standard InChI is InChI=1S/C17H32O2/c1-15(2,3)18-14-12-10-8-9-11-13-17(14,7)19-16(4,5)6/h8-9,14H,10-13H2,1-7H3/b9-8-. The Hall–Kier alpha value is -0.340. The van der Waals surface area contributed by atoms with E-state index in [4.69, 9.17) is 9.47 Å². The topological polar surface area (TPSA) is 18.5 Å². The molecule has 0 radical (unpaired) electrons. The molecule has 0 N–H and O–H groups in total. The first-order chi connectivity index (χ1) is 8.52. The summed E-state index contributed by atoms with van der Waals surface area (Å²) in [6.45, 7) is 15.0. The molecule has 0 aliphatic heterocycles. The fraction of sp³-hybridized carbons (Fsp3) is 0.882. The molecule has 2 heteroatoms. The largest absolute Gasteiger partial charge is 0.370 e. The van der Waals surface area contributed by atoms with Gasteiger partial charge in [-0.05, 0) is 74.1 Å². The van der Waals surface area contributed by atoms with Gasteiger partial charge in [-0.25, -0.2) is 0 Å². The lowest BCUT2D eigenvalue weighted by atomic mass is 9.86. The zero-order valence-electron chi connectivity index (χ0n) is 13.9. The molecule has 0 fully saturated rings. The molecule has 0 bridgehead atoms. The maximum absolute atomic E-state index is 6.40. The number of rotatable bonds is 2. The Morgan fingerprint density at radius 1 is 0.947 bits per heavy atom. The van der Waals surface area contributed by atoms with Gasteiger partial charge < -0.3 is 9.47 Å². The highest BCUT2D eigenvalue weighted by Crippen LogP contribution is 2.35. The van der Waals surface area contributed by atoms with Crippen molar-refractivity contribution in [2.24, 2.45) is 0 Å². The molecular weight excluding hydrogens is 236 g/mol. The summed E-state index contributed by atoms with van der Waals surface area (Å²) in [5.41, 5.74) is -0.483. The molecule has 0 aromatic rings. The third kappa shape index (κ3) is 6.09. The first-order valence-electron chi connectivity index (χ1n) is 7.55. The van der Waals surface area contributed by atoms with E-state index in [0.29, 0.717) is 0 Å². The summed E-state index contributed by atoms with van der Waals surface area (Å²) < 4.78 is 12.7. The van der Waals surface area contributed by atoms with Gasteiger partial charge in [0.1, 0.15) is 0 Å². The van der Waals surface area contributed by atoms with Crippen LogP contribution in [-0.4, -0.2) is 22.9 Å². The zero-order chi connectivity index (χ0) is 14.7. The van der Waals surface area contributed by atoms with Gasteiger partial charge >= 0.3 is 0 Å². The van der Waals surface area contributed by atoms with Crippen LogP contribution in [0.15, 0.2) is 12.2 Å². The quantitative estimate of drug-likeness (QED) is 0.665. The average Bonchev–Trinajstić information content (AvgIpc) is 2.14. The summed E-state index contributed by atoms with van der Waals surface area (Å²) in [5, 5.41) is 0. The molecule has 0 heterocycles. The number of allylic oxidation sites excluding steroid dienone is 2. The predicted molar refractivity (Wildman–Crippen MR) is 81.5 cm³/mol. The average molecular weight is 268 g/mol. The van der Waals surface area contributed by atoms with E-state index in [9.17, 15) is 0 Å². The minimum Gasteiger partial charge on any atom is -0.370 e. The minimum atomic E-state index is -0.212. The molecule has 1 aliphatic carbocycles. The predicted octanol–water partition coefficient (Wildman–Crippen LogP) is 4.87. The van der Waals surface area contributed by atoms with Crippen LogP contribution in [0.1, 0.15) is 74.1 Å². The Morgan fingerprint density at radius 2 is 1.53 bits per heavy atom. The van der Waals surface area contributed by atoms with Crippen LogP contribution in [0.25, 0.3) is 0 Å². The van der Waals surface area contributed by atoms with Crippen LogP contribution >= 0.6 is 0 Å². The molecule has 2 atom stereocenters. The number of hydrogen-bond donors (Lipinski definition) is 0. The Kier molecular flexibility index (Phi) is 5.25. The molecule has 19 heavy (non-hydrogen) atoms. The van der Waals surface area contributed by atoms with E-state index in [1.807, 2.05) is 0 Å². The smallest absolute Gasteiger partial charge is 0.0925 e. The summed E-state index contributed by atoms with van der Waals surface area (Å²) in [4.78, 5) is 0. The molecule has 0 amide bonds. The fourth-order valence-electron chi connectivity index (χ4n) is 2.75. The van der Waals surface area contributed by atoms with Crippen LogP contribution in [0.5, 0.6) is 0 Å². The van der Waals surface area contributed by atoms with Crippen molar-refractivity contribution in [1.29, 1.82) is 0 Å². The second-order valence-corrected chi connectivity index (χ2v) is 7.83. The van der Waals surface area contributed by atoms with Crippen molar-refractivity contribution >= 4 is 0 Å². The van der Waals surface area contributed by atoms with Gasteiger partial charge in [0, 0.05) is 0 Å². The molecule has 2 nitrogen and oxygen atoms in total. The van der Waals surface area contributed by atoms with Crippen molar-refractivity contribution in [3.05, 3.63) is 12.2 Å². The summed E-state index contributed by atoms with van der Waals surface area (Å²) >= 11 is 0. The molecular formula is C17H32O2. The number of hydrogen-bond acceptors (Lipinski definition) is 2. The second kappa shape index (κ2) is 5.97. The SMILES string of the molecule is CC(C)(C)OC1CC/C=C\CCC1(C)OC(C)(C)C. The van der Waals surface area contributed by atoms with Crippen molar-refractivity contribution in [1.82, 2.24) is 0 Å². The van der Waals surface area contributed by atoms with E-state index in [2.05, 4.69) is 60.6 Å². The molecule has 112 valence electrons. The van der Waals surface area contributed by atoms with Gasteiger partial charge in [0.2, 0.25) is 0 Å². The van der Waals surface area contributed by atoms with Crippen molar-refractivity contribution in [2.75, 3.05) is 0 Å². The lowest BCUT2D eigenvalue weighted by Crippen LogP contribution is -2.50. The fourth-order valence-corrected chi connectivity index (χ4v) is 2.75. The monoisotopic (exact) mass is 268 g/mol. The van der Waals surface area contributed by atoms with Gasteiger partial charge in [0.25, 0.3) is 0 Å². The van der Waals surface area contributed by atoms with Gasteiger partial charge in [-0.1, -0.05) is 12.2 Å². The van der Waals surface area contributed by atoms with Gasteiger partial charge in [0.15, 0.2) is 0 Å². The molecule has 1 rings (SSSR count). The Balaban J connectivity index is 2.93. The van der Waals surface area contributed by atoms with Gasteiger partial charge in [-0.2, -0.15) is 0 Å². The van der Waals surface area contributed by atoms with E-state index in [0.717, 1.165) is 25.7 Å². The van der Waals surface area contributed by atoms with E-state index < -0.39 is 0 Å². The summed E-state index contributed by atoms with van der Waals surface area (Å²) in [6, 6.07) is 0. The van der Waals surface area contributed by atoms with Crippen LogP contribution < -0.4 is 0 Å². The van der Waals surface area contributed by atoms with Gasteiger partial charge in [-0.3, -0.25) is 0 Å². The lowest BCUT2D eigenvalue weighted by Gasteiger charge is -2.45. The van der Waals surface area contributed by atoms with Gasteiger partial charge in [-0.15, -0.1) is 0 Å². The lowest BCUT2D eigenvalue weighted by molar-refractivity contribution is -0.217. The van der Waals surface area contributed by atoms with E-state index >= 15 is 0 Å². The summed E-state index contributed by atoms with van der Waals surface area (Å²) in [5.74, 6) is 0. The van der Waals surface area contributed by atoms with E-state index in [1.54, 1.807) is 0 Å². The first-order valence-corrected chi connectivity index (χ1v) is 7.55. The van der Waals surface area contributed by atoms with Crippen molar-refractivity contribution in [3.63, 3.8) is 0 Å². The normalized spacial score (nSPS) is 31.6. The molecule has 0 saturated carbocycles. The van der Waals surface area contributed by atoms with E-state index in [1.165, 1.54) is 0 Å². The molecule has 0 saturated heterocycles. The molecule has 2 unspecified atom stereocenters. The van der Waals surface area contributed by atoms with Crippen molar-refractivity contribution in [3.8, 4) is 0 Å². The third-order valence-corrected chi connectivity index (χ3v) is 3.29. The highest BCUT2D eigenvalue weighted by molar-refractivity contribution is 4.97. The molecule has 1 aliphatic rings. The maximum atomic E-state index is 6.40. The Bertz CT molecular complexity index is 306. The second-order valence-electron chi connectivity index (χ2n) is 7.83. The van der Waals surface area contributed by atoms with Gasteiger partial charge in [0.05, 0.1) is 22.9 Å². The van der Waals surface area contributed by atoms with Crippen LogP contribution in [0.3, 0.4) is 0 Å². The van der Waals surface area contributed by atoms with Crippen molar-refractivity contribution < 1.29 is 9.47 Å². The zero-order valence-corrected chi connectivity index (χ0v) is 13.9. The van der Waals surface area contributed by atoms with E-state index in [-0.39, 0.29) is 22.9 Å². The molecule has 0 spiro atoms. The van der Waals surface area contributed by atoms with Crippen LogP contribution in [0, 0.1) is 0 Å².